The Bertz CT molecular complexity index is 472. The van der Waals surface area contributed by atoms with Crippen molar-refractivity contribution >= 4 is 17.2 Å². The Morgan fingerprint density at radius 1 is 1.29 bits per heavy atom. The number of methoxy groups -OCH3 is 1. The maximum Gasteiger partial charge on any atom is 0.123 e. The highest BCUT2D eigenvalue weighted by Crippen LogP contribution is 2.20. The van der Waals surface area contributed by atoms with Crippen LogP contribution in [-0.4, -0.2) is 54.1 Å². The Kier molecular flexibility index (Phi) is 5.96. The van der Waals surface area contributed by atoms with Gasteiger partial charge in [-0.05, 0) is 12.5 Å². The first kappa shape index (κ1) is 16.2. The molecule has 5 heteroatoms. The number of hydrogen-bond acceptors (Lipinski definition) is 4. The Balaban J connectivity index is 1.91. The van der Waals surface area contributed by atoms with Crippen molar-refractivity contribution in [1.82, 2.24) is 9.80 Å². The van der Waals surface area contributed by atoms with E-state index in [2.05, 4.69) is 28.9 Å². The molecule has 0 aromatic heterocycles. The van der Waals surface area contributed by atoms with Crippen molar-refractivity contribution < 1.29 is 4.74 Å². The molecule has 1 heterocycles. The molecule has 0 bridgehead atoms. The van der Waals surface area contributed by atoms with Gasteiger partial charge in [0.05, 0.1) is 18.1 Å². The smallest absolute Gasteiger partial charge is 0.123 e. The number of nitrogens with zero attached hydrogens (tertiary/aromatic N) is 2. The third-order valence-corrected chi connectivity index (χ3v) is 4.42. The van der Waals surface area contributed by atoms with Crippen LogP contribution in [0.1, 0.15) is 18.9 Å². The predicted molar refractivity (Wildman–Crippen MR) is 90.7 cm³/mol. The Morgan fingerprint density at radius 2 is 1.95 bits per heavy atom. The SMILES string of the molecule is CCC(C(N)=S)N1CCN(Cc2ccccc2OC)CC1. The number of benzene rings is 1. The molecular weight excluding hydrogens is 282 g/mol. The zero-order valence-electron chi connectivity index (χ0n) is 12.9. The van der Waals surface area contributed by atoms with Gasteiger partial charge in [0, 0.05) is 38.3 Å². The van der Waals surface area contributed by atoms with Crippen LogP contribution in [0.4, 0.5) is 0 Å². The summed E-state index contributed by atoms with van der Waals surface area (Å²) < 4.78 is 5.42. The number of nitrogens with two attached hydrogens (primary N) is 1. The summed E-state index contributed by atoms with van der Waals surface area (Å²) in [6, 6.07) is 8.47. The van der Waals surface area contributed by atoms with E-state index in [1.807, 2.05) is 12.1 Å². The zero-order valence-corrected chi connectivity index (χ0v) is 13.7. The summed E-state index contributed by atoms with van der Waals surface area (Å²) in [7, 11) is 1.73. The molecule has 1 atom stereocenters. The van der Waals surface area contributed by atoms with Crippen molar-refractivity contribution in [3.8, 4) is 5.75 Å². The Labute approximate surface area is 132 Å². The second-order valence-electron chi connectivity index (χ2n) is 5.45. The number of thiocarbonyl (C=S) groups is 1. The molecule has 1 aromatic carbocycles. The molecule has 1 saturated heterocycles. The van der Waals surface area contributed by atoms with Gasteiger partial charge in [-0.2, -0.15) is 0 Å². The summed E-state index contributed by atoms with van der Waals surface area (Å²) in [6.45, 7) is 7.19. The van der Waals surface area contributed by atoms with Crippen LogP contribution < -0.4 is 10.5 Å². The van der Waals surface area contributed by atoms with E-state index >= 15 is 0 Å². The van der Waals surface area contributed by atoms with Crippen molar-refractivity contribution in [2.24, 2.45) is 5.73 Å². The van der Waals surface area contributed by atoms with Crippen LogP contribution in [0, 0.1) is 0 Å². The van der Waals surface area contributed by atoms with Crippen LogP contribution >= 0.6 is 12.2 Å². The minimum atomic E-state index is 0.244. The van der Waals surface area contributed by atoms with Crippen molar-refractivity contribution in [1.29, 1.82) is 0 Å². The van der Waals surface area contributed by atoms with E-state index in [1.54, 1.807) is 7.11 Å². The third kappa shape index (κ3) is 4.15. The zero-order chi connectivity index (χ0) is 15.2. The van der Waals surface area contributed by atoms with Crippen LogP contribution in [-0.2, 0) is 6.54 Å². The molecule has 1 aromatic rings. The highest BCUT2D eigenvalue weighted by atomic mass is 32.1. The fourth-order valence-electron chi connectivity index (χ4n) is 2.95. The lowest BCUT2D eigenvalue weighted by atomic mass is 10.1. The monoisotopic (exact) mass is 307 g/mol. The average Bonchev–Trinajstić information content (AvgIpc) is 2.50. The fourth-order valence-corrected chi connectivity index (χ4v) is 3.26. The van der Waals surface area contributed by atoms with Crippen molar-refractivity contribution in [3.05, 3.63) is 29.8 Å². The van der Waals surface area contributed by atoms with Gasteiger partial charge in [-0.25, -0.2) is 0 Å². The lowest BCUT2D eigenvalue weighted by Gasteiger charge is -2.38. The van der Waals surface area contributed by atoms with Gasteiger partial charge in [0.15, 0.2) is 0 Å². The van der Waals surface area contributed by atoms with Crippen molar-refractivity contribution in [2.45, 2.75) is 25.9 Å². The molecule has 116 valence electrons. The van der Waals surface area contributed by atoms with Gasteiger partial charge >= 0.3 is 0 Å². The summed E-state index contributed by atoms with van der Waals surface area (Å²) >= 11 is 5.17. The largest absolute Gasteiger partial charge is 0.496 e. The molecule has 2 N–H and O–H groups in total. The Hall–Kier alpha value is -1.17. The normalized spacial score (nSPS) is 18.4. The molecule has 1 aliphatic rings. The minimum absolute atomic E-state index is 0.244. The van der Waals surface area contributed by atoms with Crippen LogP contribution in [0.5, 0.6) is 5.75 Å². The molecule has 1 unspecified atom stereocenters. The number of para-hydroxylation sites is 1. The second-order valence-corrected chi connectivity index (χ2v) is 5.92. The molecular formula is C16H25N3OS. The van der Waals surface area contributed by atoms with Crippen molar-refractivity contribution in [3.63, 3.8) is 0 Å². The molecule has 0 saturated carbocycles. The molecule has 21 heavy (non-hydrogen) atoms. The predicted octanol–water partition coefficient (Wildman–Crippen LogP) is 1.88. The van der Waals surface area contributed by atoms with Gasteiger partial charge in [0.2, 0.25) is 0 Å². The number of piperazine rings is 1. The Morgan fingerprint density at radius 3 is 2.52 bits per heavy atom. The maximum absolute atomic E-state index is 5.83. The summed E-state index contributed by atoms with van der Waals surface area (Å²) in [5.74, 6) is 0.967. The summed E-state index contributed by atoms with van der Waals surface area (Å²) in [4.78, 5) is 5.48. The minimum Gasteiger partial charge on any atom is -0.496 e. The van der Waals surface area contributed by atoms with Gasteiger partial charge in [0.1, 0.15) is 5.75 Å². The quantitative estimate of drug-likeness (QED) is 0.813. The number of rotatable bonds is 6. The topological polar surface area (TPSA) is 41.7 Å². The highest BCUT2D eigenvalue weighted by molar-refractivity contribution is 7.80. The first-order valence-corrected chi connectivity index (χ1v) is 7.94. The average molecular weight is 307 g/mol. The lowest BCUT2D eigenvalue weighted by Crippen LogP contribution is -2.53. The van der Waals surface area contributed by atoms with Gasteiger partial charge in [-0.1, -0.05) is 37.3 Å². The van der Waals surface area contributed by atoms with Gasteiger partial charge in [-0.15, -0.1) is 0 Å². The summed E-state index contributed by atoms with van der Waals surface area (Å²) in [6.07, 6.45) is 0.988. The molecule has 1 aliphatic heterocycles. The van der Waals surface area contributed by atoms with Gasteiger partial charge in [-0.3, -0.25) is 9.80 Å². The first-order valence-electron chi connectivity index (χ1n) is 7.53. The third-order valence-electron chi connectivity index (χ3n) is 4.15. The van der Waals surface area contributed by atoms with Crippen LogP contribution in [0.15, 0.2) is 24.3 Å². The van der Waals surface area contributed by atoms with Gasteiger partial charge in [0.25, 0.3) is 0 Å². The fraction of sp³-hybridized carbons (Fsp3) is 0.562. The van der Waals surface area contributed by atoms with Crippen LogP contribution in [0.25, 0.3) is 0 Å². The second kappa shape index (κ2) is 7.73. The number of hydrogen-bond donors (Lipinski definition) is 1. The lowest BCUT2D eigenvalue weighted by molar-refractivity contribution is 0.111. The van der Waals surface area contributed by atoms with E-state index in [4.69, 9.17) is 22.7 Å². The standard InChI is InChI=1S/C16H25N3OS/c1-3-14(16(17)21)19-10-8-18(9-11-19)12-13-6-4-5-7-15(13)20-2/h4-7,14H,3,8-12H2,1-2H3,(H2,17,21). The van der Waals surface area contributed by atoms with Crippen LogP contribution in [0.3, 0.4) is 0 Å². The van der Waals surface area contributed by atoms with E-state index in [0.29, 0.717) is 4.99 Å². The van der Waals surface area contributed by atoms with E-state index in [1.165, 1.54) is 5.56 Å². The van der Waals surface area contributed by atoms with E-state index in [9.17, 15) is 0 Å². The van der Waals surface area contributed by atoms with Crippen molar-refractivity contribution in [2.75, 3.05) is 33.3 Å². The highest BCUT2D eigenvalue weighted by Gasteiger charge is 2.24. The maximum atomic E-state index is 5.83. The molecule has 0 radical (unpaired) electrons. The molecule has 1 fully saturated rings. The summed E-state index contributed by atoms with van der Waals surface area (Å²) in [5, 5.41) is 0. The molecule has 4 nitrogen and oxygen atoms in total. The first-order chi connectivity index (χ1) is 10.2. The number of ether oxygens (including phenoxy) is 1. The molecule has 0 spiro atoms. The van der Waals surface area contributed by atoms with E-state index < -0.39 is 0 Å². The summed E-state index contributed by atoms with van der Waals surface area (Å²) in [5.41, 5.74) is 7.08. The molecule has 2 rings (SSSR count). The van der Waals surface area contributed by atoms with Gasteiger partial charge < -0.3 is 10.5 Å². The van der Waals surface area contributed by atoms with E-state index in [-0.39, 0.29) is 6.04 Å². The molecule has 0 aliphatic carbocycles. The van der Waals surface area contributed by atoms with E-state index in [0.717, 1.165) is 44.9 Å². The molecule has 0 amide bonds. The van der Waals surface area contributed by atoms with Crippen LogP contribution in [0.2, 0.25) is 0 Å².